The Morgan fingerprint density at radius 3 is 2.42 bits per heavy atom. The maximum Gasteiger partial charge on any atom is 0.264 e. The molecule has 36 heavy (non-hydrogen) atoms. The zero-order valence-electron chi connectivity index (χ0n) is 21.2. The second kappa shape index (κ2) is 11.5. The summed E-state index contributed by atoms with van der Waals surface area (Å²) in [5.41, 5.74) is 2.79. The van der Waals surface area contributed by atoms with Crippen LogP contribution in [0.4, 0.5) is 5.69 Å². The lowest BCUT2D eigenvalue weighted by Gasteiger charge is -2.28. The molecule has 3 rings (SSSR count). The van der Waals surface area contributed by atoms with Crippen molar-refractivity contribution in [3.8, 4) is 5.75 Å². The molecule has 0 bridgehead atoms. The molecule has 0 saturated carbocycles. The number of carbonyl (C=O) groups excluding carboxylic acids is 1. The molecule has 192 valence electrons. The van der Waals surface area contributed by atoms with Crippen LogP contribution in [0.5, 0.6) is 5.75 Å². The molecule has 0 aliphatic heterocycles. The van der Waals surface area contributed by atoms with E-state index < -0.39 is 16.6 Å². The first-order valence-electron chi connectivity index (χ1n) is 11.5. The Morgan fingerprint density at radius 1 is 1.08 bits per heavy atom. The van der Waals surface area contributed by atoms with Crippen molar-refractivity contribution in [1.29, 1.82) is 0 Å². The highest BCUT2D eigenvalue weighted by Crippen LogP contribution is 2.31. The number of anilines is 1. The van der Waals surface area contributed by atoms with Crippen molar-refractivity contribution in [2.45, 2.75) is 38.9 Å². The van der Waals surface area contributed by atoms with Gasteiger partial charge in [-0.15, -0.1) is 0 Å². The molecule has 0 radical (unpaired) electrons. The molecule has 3 aromatic rings. The number of ether oxygens (including phenoxy) is 1. The van der Waals surface area contributed by atoms with Gasteiger partial charge in [-0.3, -0.25) is 9.10 Å². The van der Waals surface area contributed by atoms with Gasteiger partial charge in [-0.05, 0) is 60.9 Å². The van der Waals surface area contributed by atoms with Gasteiger partial charge >= 0.3 is 0 Å². The van der Waals surface area contributed by atoms with Crippen LogP contribution in [0.3, 0.4) is 0 Å². The molecule has 1 heterocycles. The van der Waals surface area contributed by atoms with Crippen LogP contribution in [0.2, 0.25) is 0 Å². The molecule has 0 aliphatic carbocycles. The third-order valence-corrected chi connectivity index (χ3v) is 7.26. The number of aromatic nitrogens is 2. The average Bonchev–Trinajstić information content (AvgIpc) is 2.86. The second-order valence-electron chi connectivity index (χ2n) is 9.10. The number of aryl methyl sites for hydroxylation is 1. The van der Waals surface area contributed by atoms with Gasteiger partial charge in [-0.2, -0.15) is 10.2 Å². The van der Waals surface area contributed by atoms with Gasteiger partial charge in [0.05, 0.1) is 23.4 Å². The van der Waals surface area contributed by atoms with Gasteiger partial charge in [0, 0.05) is 43.5 Å². The van der Waals surface area contributed by atoms with E-state index in [2.05, 4.69) is 10.2 Å². The minimum Gasteiger partial charge on any atom is -0.488 e. The molecule has 0 fully saturated rings. The third-order valence-electron chi connectivity index (χ3n) is 5.48. The Hall–Kier alpha value is -3.50. The Balaban J connectivity index is 1.97. The number of benzene rings is 2. The van der Waals surface area contributed by atoms with Crippen LogP contribution in [0.25, 0.3) is 0 Å². The monoisotopic (exact) mass is 512 g/mol. The van der Waals surface area contributed by atoms with Crippen LogP contribution in [0.1, 0.15) is 40.9 Å². The molecule has 1 amide bonds. The predicted octanol–water partition coefficient (Wildman–Crippen LogP) is 3.41. The summed E-state index contributed by atoms with van der Waals surface area (Å²) in [5.74, 6) is 0.260. The Kier molecular flexibility index (Phi) is 8.65. The zero-order valence-corrected chi connectivity index (χ0v) is 22.0. The highest BCUT2D eigenvalue weighted by molar-refractivity contribution is 7.92. The van der Waals surface area contributed by atoms with Crippen LogP contribution in [0, 0.1) is 12.8 Å². The van der Waals surface area contributed by atoms with Gasteiger partial charge in [-0.25, -0.2) is 8.42 Å². The summed E-state index contributed by atoms with van der Waals surface area (Å²) in [4.78, 5) is 13.9. The number of hydrogen-bond acceptors (Lipinski definition) is 7. The summed E-state index contributed by atoms with van der Waals surface area (Å²) in [5, 5.41) is 17.5. The van der Waals surface area contributed by atoms with Crippen LogP contribution >= 0.6 is 0 Å². The lowest BCUT2D eigenvalue weighted by molar-refractivity contribution is 0.0827. The van der Waals surface area contributed by atoms with Crippen molar-refractivity contribution in [2.24, 2.45) is 5.92 Å². The summed E-state index contributed by atoms with van der Waals surface area (Å²) in [6.45, 7) is 5.71. The fourth-order valence-electron chi connectivity index (χ4n) is 3.66. The molecule has 0 spiro atoms. The van der Waals surface area contributed by atoms with Crippen LogP contribution in [0.15, 0.2) is 59.8 Å². The number of aliphatic hydroxyl groups excluding tert-OH is 1. The van der Waals surface area contributed by atoms with Crippen molar-refractivity contribution in [1.82, 2.24) is 15.1 Å². The Labute approximate surface area is 212 Å². The van der Waals surface area contributed by atoms with Crippen molar-refractivity contribution in [3.63, 3.8) is 0 Å². The smallest absolute Gasteiger partial charge is 0.264 e. The van der Waals surface area contributed by atoms with E-state index in [0.29, 0.717) is 28.1 Å². The topological polar surface area (TPSA) is 113 Å². The van der Waals surface area contributed by atoms with Crippen molar-refractivity contribution >= 4 is 21.6 Å². The number of nitrogens with zero attached hydrogens (tertiary/aromatic N) is 4. The molecule has 1 aromatic heterocycles. The van der Waals surface area contributed by atoms with E-state index in [0.717, 1.165) is 5.56 Å². The molecule has 9 nitrogen and oxygen atoms in total. The fraction of sp³-hybridized carbons (Fsp3) is 0.346. The Bertz CT molecular complexity index is 1310. The molecule has 0 saturated heterocycles. The van der Waals surface area contributed by atoms with Gasteiger partial charge in [-0.1, -0.05) is 13.8 Å². The number of sulfonamides is 1. The molecule has 2 aromatic carbocycles. The van der Waals surface area contributed by atoms with Gasteiger partial charge in [0.25, 0.3) is 15.9 Å². The maximum absolute atomic E-state index is 13.8. The highest BCUT2D eigenvalue weighted by atomic mass is 32.2. The van der Waals surface area contributed by atoms with Gasteiger partial charge in [0.2, 0.25) is 0 Å². The van der Waals surface area contributed by atoms with Gasteiger partial charge in [0.1, 0.15) is 12.4 Å². The van der Waals surface area contributed by atoms with Crippen LogP contribution < -0.4 is 9.04 Å². The van der Waals surface area contributed by atoms with E-state index in [1.54, 1.807) is 63.7 Å². The van der Waals surface area contributed by atoms with E-state index in [-0.39, 0.29) is 29.9 Å². The largest absolute Gasteiger partial charge is 0.488 e. The van der Waals surface area contributed by atoms with Crippen molar-refractivity contribution < 1.29 is 23.1 Å². The molecule has 0 atom stereocenters. The summed E-state index contributed by atoms with van der Waals surface area (Å²) >= 11 is 0. The molecule has 10 heteroatoms. The SMILES string of the molecule is Cc1cc(C(=O)N(C)C)ccc1N(CC(C)C)S(=O)(=O)c1ccc(OCc2ccnnc2)c(CO)c1. The molecular formula is C26H32N4O5S. The quantitative estimate of drug-likeness (QED) is 0.443. The van der Waals surface area contributed by atoms with Crippen LogP contribution in [-0.4, -0.2) is 55.2 Å². The van der Waals surface area contributed by atoms with E-state index >= 15 is 0 Å². The fourth-order valence-corrected chi connectivity index (χ4v) is 5.40. The minimum atomic E-state index is -3.98. The normalized spacial score (nSPS) is 11.4. The Morgan fingerprint density at radius 2 is 1.83 bits per heavy atom. The van der Waals surface area contributed by atoms with Crippen molar-refractivity contribution in [3.05, 3.63) is 77.1 Å². The summed E-state index contributed by atoms with van der Waals surface area (Å²) in [6, 6.07) is 11.2. The molecule has 1 N–H and O–H groups in total. The summed E-state index contributed by atoms with van der Waals surface area (Å²) in [6.07, 6.45) is 3.12. The highest BCUT2D eigenvalue weighted by Gasteiger charge is 2.28. The number of rotatable bonds is 10. The summed E-state index contributed by atoms with van der Waals surface area (Å²) in [7, 11) is -0.649. The van der Waals surface area contributed by atoms with Gasteiger partial charge < -0.3 is 14.7 Å². The minimum absolute atomic E-state index is 0.0381. The van der Waals surface area contributed by atoms with E-state index in [1.165, 1.54) is 21.3 Å². The molecular weight excluding hydrogens is 480 g/mol. The maximum atomic E-state index is 13.8. The standard InChI is InChI=1S/C26H32N4O5S/c1-18(2)15-30(24-8-6-21(12-19(24)3)26(32)29(4)5)36(33,34)23-7-9-25(22(13-23)16-31)35-17-20-10-11-27-28-14-20/h6-14,18,31H,15-17H2,1-5H3. The lowest BCUT2D eigenvalue weighted by atomic mass is 10.1. The van der Waals surface area contributed by atoms with E-state index in [4.69, 9.17) is 4.74 Å². The summed E-state index contributed by atoms with van der Waals surface area (Å²) < 4.78 is 34.8. The second-order valence-corrected chi connectivity index (χ2v) is 11.0. The zero-order chi connectivity index (χ0) is 26.5. The third kappa shape index (κ3) is 6.19. The number of aliphatic hydroxyl groups is 1. The van der Waals surface area contributed by atoms with E-state index in [9.17, 15) is 18.3 Å². The first-order chi connectivity index (χ1) is 17.0. The first kappa shape index (κ1) is 27.1. The molecule has 0 unspecified atom stereocenters. The molecule has 0 aliphatic rings. The van der Waals surface area contributed by atoms with Gasteiger partial charge in [0.15, 0.2) is 0 Å². The van der Waals surface area contributed by atoms with E-state index in [1.807, 2.05) is 13.8 Å². The van der Waals surface area contributed by atoms with Crippen LogP contribution in [-0.2, 0) is 23.2 Å². The van der Waals surface area contributed by atoms with Crippen molar-refractivity contribution in [2.75, 3.05) is 24.9 Å². The number of hydrogen-bond donors (Lipinski definition) is 1. The first-order valence-corrected chi connectivity index (χ1v) is 13.0. The number of carbonyl (C=O) groups is 1. The number of amides is 1. The predicted molar refractivity (Wildman–Crippen MR) is 137 cm³/mol. The average molecular weight is 513 g/mol. The lowest BCUT2D eigenvalue weighted by Crippen LogP contribution is -2.35.